The first-order chi connectivity index (χ1) is 8.14. The van der Waals surface area contributed by atoms with Crippen LogP contribution >= 0.6 is 0 Å². The molecular weight excluding hydrogens is 238 g/mol. The maximum absolute atomic E-state index is 12.6. The molecule has 6 heteroatoms. The maximum atomic E-state index is 12.6. The summed E-state index contributed by atoms with van der Waals surface area (Å²) < 4.78 is 18.3. The summed E-state index contributed by atoms with van der Waals surface area (Å²) in [4.78, 5) is 0. The molecule has 3 N–H and O–H groups in total. The van der Waals surface area contributed by atoms with Gasteiger partial charge in [-0.15, -0.1) is 0 Å². The van der Waals surface area contributed by atoms with Crippen molar-refractivity contribution in [2.24, 2.45) is 0 Å². The highest BCUT2D eigenvalue weighted by atomic mass is 19.1. The monoisotopic (exact) mass is 257 g/mol. The minimum Gasteiger partial charge on any atom is -0.485 e. The third kappa shape index (κ3) is 5.49. The van der Waals surface area contributed by atoms with Gasteiger partial charge in [-0.05, 0) is 52.0 Å². The summed E-state index contributed by atoms with van der Waals surface area (Å²) >= 11 is 0. The summed E-state index contributed by atoms with van der Waals surface area (Å²) in [5, 5.41) is 23.9. The Kier molecular flexibility index (Phi) is 6.31. The van der Waals surface area contributed by atoms with Crippen LogP contribution in [0.2, 0.25) is 0 Å². The topological polar surface area (TPSA) is 69.9 Å². The van der Waals surface area contributed by atoms with Gasteiger partial charge >= 0.3 is 7.69 Å². The van der Waals surface area contributed by atoms with Crippen molar-refractivity contribution < 1.29 is 24.3 Å². The molecule has 1 radical (unpaired) electrons. The molecule has 1 aromatic carbocycles. The van der Waals surface area contributed by atoms with Crippen LogP contribution in [0.3, 0.4) is 0 Å². The number of aliphatic hydroxyl groups is 1. The van der Waals surface area contributed by atoms with E-state index < -0.39 is 11.2 Å². The predicted molar refractivity (Wildman–Crippen MR) is 67.6 cm³/mol. The summed E-state index contributed by atoms with van der Waals surface area (Å²) in [6.07, 6.45) is 0. The van der Waals surface area contributed by atoms with Crippen LogP contribution in [-0.4, -0.2) is 34.0 Å². The Bertz CT molecular complexity index is 346. The lowest BCUT2D eigenvalue weighted by molar-refractivity contribution is -0.0906. The van der Waals surface area contributed by atoms with Gasteiger partial charge in [0, 0.05) is 0 Å². The van der Waals surface area contributed by atoms with E-state index in [-0.39, 0.29) is 13.5 Å². The molecule has 0 saturated heterocycles. The Morgan fingerprint density at radius 1 is 1.06 bits per heavy atom. The Balaban J connectivity index is 0.000000873. The lowest BCUT2D eigenvalue weighted by Crippen LogP contribution is -2.49. The Morgan fingerprint density at radius 3 is 1.78 bits per heavy atom. The number of rotatable bonds is 3. The molecule has 18 heavy (non-hydrogen) atoms. The molecule has 0 amide bonds. The molecule has 0 unspecified atom stereocenters. The van der Waals surface area contributed by atoms with Crippen molar-refractivity contribution in [1.82, 2.24) is 0 Å². The summed E-state index contributed by atoms with van der Waals surface area (Å²) in [6, 6.07) is 5.75. The lowest BCUT2D eigenvalue weighted by Gasteiger charge is -2.37. The van der Waals surface area contributed by atoms with E-state index in [1.807, 2.05) is 0 Å². The molecule has 0 atom stereocenters. The van der Waals surface area contributed by atoms with Gasteiger partial charge in [0.15, 0.2) is 0 Å². The van der Waals surface area contributed by atoms with Crippen LogP contribution in [0.15, 0.2) is 24.3 Å². The van der Waals surface area contributed by atoms with Gasteiger partial charge in [0.05, 0.1) is 5.60 Å². The number of ether oxygens (including phenoxy) is 1. The van der Waals surface area contributed by atoms with Crippen molar-refractivity contribution in [3.63, 3.8) is 0 Å². The van der Waals surface area contributed by atoms with Crippen molar-refractivity contribution in [1.29, 1.82) is 0 Å². The van der Waals surface area contributed by atoms with Gasteiger partial charge in [0.1, 0.15) is 17.2 Å². The molecule has 0 aliphatic rings. The molecule has 0 aliphatic carbocycles. The second-order valence-corrected chi connectivity index (χ2v) is 4.74. The standard InChI is InChI=1S/C12H17FO2.BH2O2/c1-11(2,14)12(3,4)15-10-7-5-9(13)6-8-10;2-1-3/h5-8,14H,1-4H3;2-3H. The average molecular weight is 257 g/mol. The van der Waals surface area contributed by atoms with E-state index in [0.29, 0.717) is 5.75 Å². The second-order valence-electron chi connectivity index (χ2n) is 4.74. The van der Waals surface area contributed by atoms with Gasteiger partial charge in [-0.1, -0.05) is 0 Å². The van der Waals surface area contributed by atoms with Crippen molar-refractivity contribution in [3.8, 4) is 5.75 Å². The Hall–Kier alpha value is -1.11. The van der Waals surface area contributed by atoms with Crippen LogP contribution in [0.5, 0.6) is 5.75 Å². The highest BCUT2D eigenvalue weighted by molar-refractivity contribution is 6.13. The first-order valence-electron chi connectivity index (χ1n) is 5.41. The number of halogens is 1. The predicted octanol–water partition coefficient (Wildman–Crippen LogP) is 1.26. The molecule has 1 rings (SSSR count). The zero-order valence-electron chi connectivity index (χ0n) is 11.0. The number of hydrogen-bond donors (Lipinski definition) is 3. The van der Waals surface area contributed by atoms with Gasteiger partial charge < -0.3 is 19.9 Å². The zero-order valence-corrected chi connectivity index (χ0v) is 11.0. The quantitative estimate of drug-likeness (QED) is 0.713. The molecule has 0 bridgehead atoms. The molecule has 0 aromatic heterocycles. The Morgan fingerprint density at radius 2 is 1.44 bits per heavy atom. The number of benzene rings is 1. The first kappa shape index (κ1) is 16.9. The van der Waals surface area contributed by atoms with E-state index in [1.165, 1.54) is 12.1 Å². The zero-order chi connectivity index (χ0) is 14.4. The molecule has 0 saturated carbocycles. The third-order valence-corrected chi connectivity index (χ3v) is 2.66. The molecule has 0 spiro atoms. The first-order valence-corrected chi connectivity index (χ1v) is 5.41. The molecule has 0 aliphatic heterocycles. The van der Waals surface area contributed by atoms with E-state index in [1.54, 1.807) is 39.8 Å². The summed E-state index contributed by atoms with van der Waals surface area (Å²) in [7, 11) is 0. The second kappa shape index (κ2) is 6.73. The van der Waals surface area contributed by atoms with Crippen molar-refractivity contribution in [2.75, 3.05) is 0 Å². The largest absolute Gasteiger partial charge is 0.485 e. The van der Waals surface area contributed by atoms with Gasteiger partial charge in [-0.25, -0.2) is 4.39 Å². The van der Waals surface area contributed by atoms with Crippen molar-refractivity contribution in [2.45, 2.75) is 38.9 Å². The SMILES string of the molecule is CC(C)(O)C(C)(C)Oc1ccc(F)cc1.O[B]O. The third-order valence-electron chi connectivity index (χ3n) is 2.66. The van der Waals surface area contributed by atoms with Crippen LogP contribution in [0.25, 0.3) is 0 Å². The maximum Gasteiger partial charge on any atom is 0.482 e. The smallest absolute Gasteiger partial charge is 0.482 e. The highest BCUT2D eigenvalue weighted by Crippen LogP contribution is 2.27. The molecule has 101 valence electrons. The average Bonchev–Trinajstić information content (AvgIpc) is 2.20. The van der Waals surface area contributed by atoms with Gasteiger partial charge in [-0.2, -0.15) is 0 Å². The molecule has 0 fully saturated rings. The van der Waals surface area contributed by atoms with Crippen LogP contribution < -0.4 is 4.74 Å². The van der Waals surface area contributed by atoms with E-state index in [2.05, 4.69) is 0 Å². The molecule has 0 heterocycles. The fourth-order valence-corrected chi connectivity index (χ4v) is 0.922. The van der Waals surface area contributed by atoms with Gasteiger partial charge in [-0.3, -0.25) is 0 Å². The highest BCUT2D eigenvalue weighted by Gasteiger charge is 2.37. The molecule has 4 nitrogen and oxygen atoms in total. The van der Waals surface area contributed by atoms with Crippen molar-refractivity contribution in [3.05, 3.63) is 30.1 Å². The summed E-state index contributed by atoms with van der Waals surface area (Å²) in [5.74, 6) is 0.243. The van der Waals surface area contributed by atoms with Gasteiger partial charge in [0.25, 0.3) is 0 Å². The van der Waals surface area contributed by atoms with Crippen LogP contribution in [-0.2, 0) is 0 Å². The van der Waals surface area contributed by atoms with E-state index in [0.717, 1.165) is 0 Å². The number of hydrogen-bond acceptors (Lipinski definition) is 4. The minimum atomic E-state index is -0.971. The van der Waals surface area contributed by atoms with Crippen molar-refractivity contribution >= 4 is 7.69 Å². The Labute approximate surface area is 107 Å². The van der Waals surface area contributed by atoms with Crippen LogP contribution in [0, 0.1) is 5.82 Å². The summed E-state index contributed by atoms with van der Waals surface area (Å²) in [5.41, 5.74) is -1.70. The van der Waals surface area contributed by atoms with E-state index in [9.17, 15) is 9.50 Å². The normalized spacial score (nSPS) is 11.3. The van der Waals surface area contributed by atoms with E-state index in [4.69, 9.17) is 14.8 Å². The minimum absolute atomic E-state index is 0. The van der Waals surface area contributed by atoms with E-state index >= 15 is 0 Å². The fraction of sp³-hybridized carbons (Fsp3) is 0.500. The molecule has 1 aromatic rings. The van der Waals surface area contributed by atoms with Crippen LogP contribution in [0.1, 0.15) is 27.7 Å². The van der Waals surface area contributed by atoms with Gasteiger partial charge in [0.2, 0.25) is 0 Å². The fourth-order valence-electron chi connectivity index (χ4n) is 0.922. The molecular formula is C12H19BFO4. The summed E-state index contributed by atoms with van der Waals surface area (Å²) in [6.45, 7) is 6.93. The van der Waals surface area contributed by atoms with Crippen LogP contribution in [0.4, 0.5) is 4.39 Å². The lowest BCUT2D eigenvalue weighted by atomic mass is 9.89.